The zero-order chi connectivity index (χ0) is 9.94. The van der Waals surface area contributed by atoms with E-state index in [2.05, 4.69) is 17.4 Å². The minimum absolute atomic E-state index is 0.851. The lowest BCUT2D eigenvalue weighted by Crippen LogP contribution is -1.89. The molecule has 0 fully saturated rings. The molecular weight excluding hydrogens is 160 g/mol. The average molecular weight is 178 g/mol. The van der Waals surface area contributed by atoms with Gasteiger partial charge in [-0.2, -0.15) is 0 Å². The van der Waals surface area contributed by atoms with Crippen molar-refractivity contribution >= 4 is 6.21 Å². The van der Waals surface area contributed by atoms with E-state index in [0.29, 0.717) is 0 Å². The Bertz CT molecular complexity index is 207. The molecule has 0 saturated heterocycles. The second-order valence-electron chi connectivity index (χ2n) is 2.73. The van der Waals surface area contributed by atoms with Crippen LogP contribution in [0, 0.1) is 5.41 Å². The first-order valence-corrected chi connectivity index (χ1v) is 4.46. The average Bonchev–Trinajstić information content (AvgIpc) is 2.18. The molecule has 1 aromatic rings. The molecule has 1 rings (SSSR count). The molecule has 0 aromatic heterocycles. The normalized spacial score (nSPS) is 8.46. The Kier molecular flexibility index (Phi) is 8.15. The van der Waals surface area contributed by atoms with Crippen LogP contribution >= 0.6 is 0 Å². The Morgan fingerprint density at radius 3 is 2.23 bits per heavy atom. The maximum Gasteiger partial charge on any atom is -0.00444 e. The molecule has 0 saturated carbocycles. The summed E-state index contributed by atoms with van der Waals surface area (Å²) >= 11 is 0. The van der Waals surface area contributed by atoms with Crippen molar-refractivity contribution in [3.8, 4) is 0 Å². The number of nitrogens with one attached hydrogen (secondary N) is 2. The van der Waals surface area contributed by atoms with Gasteiger partial charge >= 0.3 is 0 Å². The van der Waals surface area contributed by atoms with E-state index in [1.807, 2.05) is 32.3 Å². The van der Waals surface area contributed by atoms with Crippen LogP contribution in [0.15, 0.2) is 30.3 Å². The van der Waals surface area contributed by atoms with Crippen molar-refractivity contribution in [2.45, 2.75) is 12.8 Å². The maximum atomic E-state index is 6.83. The third kappa shape index (κ3) is 7.22. The van der Waals surface area contributed by atoms with Crippen LogP contribution in [0.25, 0.3) is 0 Å². The monoisotopic (exact) mass is 178 g/mol. The van der Waals surface area contributed by atoms with Crippen molar-refractivity contribution < 1.29 is 0 Å². The fourth-order valence-electron chi connectivity index (χ4n) is 0.884. The molecule has 2 N–H and O–H groups in total. The molecule has 0 aliphatic carbocycles. The van der Waals surface area contributed by atoms with E-state index >= 15 is 0 Å². The SMILES string of the molecule is CNC.N=CCCc1ccccc1. The molecule has 0 heterocycles. The molecule has 0 spiro atoms. The van der Waals surface area contributed by atoms with Crippen LogP contribution in [-0.4, -0.2) is 20.3 Å². The zero-order valence-corrected chi connectivity index (χ0v) is 8.38. The Morgan fingerprint density at radius 2 is 1.77 bits per heavy atom. The van der Waals surface area contributed by atoms with Gasteiger partial charge in [0.1, 0.15) is 0 Å². The third-order valence-electron chi connectivity index (χ3n) is 1.42. The zero-order valence-electron chi connectivity index (χ0n) is 8.38. The van der Waals surface area contributed by atoms with Crippen LogP contribution < -0.4 is 5.32 Å². The summed E-state index contributed by atoms with van der Waals surface area (Å²) in [5.41, 5.74) is 1.31. The van der Waals surface area contributed by atoms with E-state index in [0.717, 1.165) is 12.8 Å². The number of hydrogen-bond donors (Lipinski definition) is 2. The molecule has 1 aromatic carbocycles. The van der Waals surface area contributed by atoms with Gasteiger partial charge in [0.25, 0.3) is 0 Å². The van der Waals surface area contributed by atoms with Crippen molar-refractivity contribution in [1.82, 2.24) is 5.32 Å². The second-order valence-corrected chi connectivity index (χ2v) is 2.73. The minimum Gasteiger partial charge on any atom is -0.323 e. The summed E-state index contributed by atoms with van der Waals surface area (Å²) in [5.74, 6) is 0. The molecule has 0 aliphatic heterocycles. The summed E-state index contributed by atoms with van der Waals surface area (Å²) in [6, 6.07) is 10.2. The van der Waals surface area contributed by atoms with Crippen molar-refractivity contribution in [3.63, 3.8) is 0 Å². The summed E-state index contributed by atoms with van der Waals surface area (Å²) in [7, 11) is 3.75. The highest BCUT2D eigenvalue weighted by atomic mass is 14.7. The summed E-state index contributed by atoms with van der Waals surface area (Å²) < 4.78 is 0. The maximum absolute atomic E-state index is 6.83. The van der Waals surface area contributed by atoms with Crippen LogP contribution in [0.1, 0.15) is 12.0 Å². The summed E-state index contributed by atoms with van der Waals surface area (Å²) in [6.45, 7) is 0. The predicted molar refractivity (Wildman–Crippen MR) is 58.5 cm³/mol. The van der Waals surface area contributed by atoms with Crippen LogP contribution in [0.5, 0.6) is 0 Å². The molecular formula is C11H18N2. The lowest BCUT2D eigenvalue weighted by molar-refractivity contribution is 1.02. The van der Waals surface area contributed by atoms with Gasteiger partial charge in [0.2, 0.25) is 0 Å². The highest BCUT2D eigenvalue weighted by molar-refractivity contribution is 5.53. The van der Waals surface area contributed by atoms with Crippen LogP contribution in [0.4, 0.5) is 0 Å². The van der Waals surface area contributed by atoms with E-state index in [-0.39, 0.29) is 0 Å². The first kappa shape index (κ1) is 11.8. The lowest BCUT2D eigenvalue weighted by atomic mass is 10.1. The molecule has 0 unspecified atom stereocenters. The Morgan fingerprint density at radius 1 is 1.23 bits per heavy atom. The Balaban J connectivity index is 0.000000424. The van der Waals surface area contributed by atoms with Gasteiger partial charge in [0.05, 0.1) is 0 Å². The Hall–Kier alpha value is -1.15. The van der Waals surface area contributed by atoms with Crippen molar-refractivity contribution in [2.75, 3.05) is 14.1 Å². The number of rotatable bonds is 3. The van der Waals surface area contributed by atoms with Gasteiger partial charge in [-0.15, -0.1) is 0 Å². The van der Waals surface area contributed by atoms with Crippen LogP contribution in [0.2, 0.25) is 0 Å². The predicted octanol–water partition coefficient (Wildman–Crippen LogP) is 2.10. The lowest BCUT2D eigenvalue weighted by Gasteiger charge is -1.94. The van der Waals surface area contributed by atoms with Gasteiger partial charge in [-0.05, 0) is 38.7 Å². The third-order valence-corrected chi connectivity index (χ3v) is 1.42. The van der Waals surface area contributed by atoms with Gasteiger partial charge in [-0.25, -0.2) is 0 Å². The van der Waals surface area contributed by atoms with E-state index < -0.39 is 0 Å². The molecule has 0 bridgehead atoms. The quantitative estimate of drug-likeness (QED) is 0.683. The number of benzene rings is 1. The van der Waals surface area contributed by atoms with E-state index in [4.69, 9.17) is 5.41 Å². The summed E-state index contributed by atoms with van der Waals surface area (Å²) in [4.78, 5) is 0. The van der Waals surface area contributed by atoms with Crippen molar-refractivity contribution in [3.05, 3.63) is 35.9 Å². The molecule has 13 heavy (non-hydrogen) atoms. The fourth-order valence-corrected chi connectivity index (χ4v) is 0.884. The molecule has 0 radical (unpaired) electrons. The highest BCUT2D eigenvalue weighted by Gasteiger charge is 1.86. The summed E-state index contributed by atoms with van der Waals surface area (Å²) in [5, 5.41) is 9.58. The van der Waals surface area contributed by atoms with E-state index in [1.165, 1.54) is 11.8 Å². The van der Waals surface area contributed by atoms with Gasteiger partial charge in [-0.3, -0.25) is 0 Å². The van der Waals surface area contributed by atoms with E-state index in [9.17, 15) is 0 Å². The number of aryl methyl sites for hydroxylation is 1. The van der Waals surface area contributed by atoms with Gasteiger partial charge in [0.15, 0.2) is 0 Å². The molecule has 2 heteroatoms. The van der Waals surface area contributed by atoms with E-state index in [1.54, 1.807) is 0 Å². The Labute approximate surface area is 80.5 Å². The molecule has 0 aliphatic rings. The van der Waals surface area contributed by atoms with Gasteiger partial charge in [-0.1, -0.05) is 30.3 Å². The largest absolute Gasteiger partial charge is 0.323 e. The van der Waals surface area contributed by atoms with Crippen molar-refractivity contribution in [2.24, 2.45) is 0 Å². The summed E-state index contributed by atoms with van der Waals surface area (Å²) in [6.07, 6.45) is 3.29. The first-order valence-electron chi connectivity index (χ1n) is 4.46. The second kappa shape index (κ2) is 8.94. The first-order chi connectivity index (χ1) is 6.35. The van der Waals surface area contributed by atoms with Crippen molar-refractivity contribution in [1.29, 1.82) is 5.41 Å². The molecule has 2 nitrogen and oxygen atoms in total. The standard InChI is InChI=1S/C9H11N.C2H7N/c10-8-4-7-9-5-2-1-3-6-9;1-3-2/h1-3,5-6,8,10H,4,7H2;3H,1-2H3. The highest BCUT2D eigenvalue weighted by Crippen LogP contribution is 2.00. The minimum atomic E-state index is 0.851. The fraction of sp³-hybridized carbons (Fsp3) is 0.364. The van der Waals surface area contributed by atoms with Crippen LogP contribution in [-0.2, 0) is 6.42 Å². The van der Waals surface area contributed by atoms with Crippen LogP contribution in [0.3, 0.4) is 0 Å². The van der Waals surface area contributed by atoms with Gasteiger partial charge in [0, 0.05) is 0 Å². The number of hydrogen-bond acceptors (Lipinski definition) is 2. The van der Waals surface area contributed by atoms with Gasteiger partial charge < -0.3 is 10.7 Å². The smallest absolute Gasteiger partial charge is 0.00444 e. The topological polar surface area (TPSA) is 35.9 Å². The molecule has 0 amide bonds. The molecule has 0 atom stereocenters. The molecule has 72 valence electrons.